The number of piperidine rings is 1. The molecule has 0 aromatic heterocycles. The highest BCUT2D eigenvalue weighted by Gasteiger charge is 2.41. The molecule has 1 spiro atoms. The molecule has 2 aromatic carbocycles. The van der Waals surface area contributed by atoms with Gasteiger partial charge in [-0.15, -0.1) is 0 Å². The highest BCUT2D eigenvalue weighted by Crippen LogP contribution is 2.35. The van der Waals surface area contributed by atoms with Crippen LogP contribution < -0.4 is 0 Å². The first-order valence-corrected chi connectivity index (χ1v) is 11.6. The third kappa shape index (κ3) is 4.22. The van der Waals surface area contributed by atoms with Crippen LogP contribution in [0.3, 0.4) is 0 Å². The zero-order chi connectivity index (χ0) is 22.1. The minimum atomic E-state index is -0.423. The monoisotopic (exact) mass is 433 g/mol. The lowest BCUT2D eigenvalue weighted by molar-refractivity contribution is -0.186. The molecule has 0 radical (unpaired) electrons. The van der Waals surface area contributed by atoms with Crippen molar-refractivity contribution in [1.82, 2.24) is 9.91 Å². The van der Waals surface area contributed by atoms with Crippen LogP contribution >= 0.6 is 0 Å². The van der Waals surface area contributed by atoms with E-state index in [1.165, 1.54) is 11.1 Å². The normalized spacial score (nSPS) is 23.0. The van der Waals surface area contributed by atoms with Gasteiger partial charge >= 0.3 is 0 Å². The summed E-state index contributed by atoms with van der Waals surface area (Å²) in [5.41, 5.74) is 5.63. The quantitative estimate of drug-likeness (QED) is 0.736. The Kier molecular flexibility index (Phi) is 5.84. The zero-order valence-corrected chi connectivity index (χ0v) is 18.9. The zero-order valence-electron chi connectivity index (χ0n) is 18.9. The van der Waals surface area contributed by atoms with Crippen molar-refractivity contribution in [3.8, 4) is 0 Å². The Bertz CT molecular complexity index is 1000. The molecule has 3 aliphatic rings. The smallest absolute Gasteiger partial charge is 0.257 e. The summed E-state index contributed by atoms with van der Waals surface area (Å²) in [4.78, 5) is 15.7. The molecule has 1 amide bonds. The number of likely N-dealkylation sites (tertiary alicyclic amines) is 1. The van der Waals surface area contributed by atoms with Crippen LogP contribution in [0.2, 0.25) is 0 Å². The Morgan fingerprint density at radius 2 is 1.78 bits per heavy atom. The fraction of sp³-hybridized carbons (Fsp3) is 0.462. The number of carbonyl (C=O) groups is 1. The van der Waals surface area contributed by atoms with Crippen LogP contribution in [0.15, 0.2) is 53.6 Å². The van der Waals surface area contributed by atoms with Gasteiger partial charge in [0.1, 0.15) is 0 Å². The second-order valence-corrected chi connectivity index (χ2v) is 9.12. The molecule has 1 atom stereocenters. The van der Waals surface area contributed by atoms with Crippen LogP contribution in [0, 0.1) is 13.8 Å². The molecule has 6 nitrogen and oxygen atoms in total. The number of nitrogens with zero attached hydrogens (tertiary/aromatic N) is 3. The van der Waals surface area contributed by atoms with Gasteiger partial charge < -0.3 is 9.47 Å². The van der Waals surface area contributed by atoms with Crippen LogP contribution in [-0.2, 0) is 14.3 Å². The van der Waals surface area contributed by atoms with Gasteiger partial charge in [0.2, 0.25) is 0 Å². The number of carbonyl (C=O) groups excluding carboxylic acids is 1. The van der Waals surface area contributed by atoms with Gasteiger partial charge in [-0.3, -0.25) is 9.69 Å². The summed E-state index contributed by atoms with van der Waals surface area (Å²) in [6.07, 6.45) is 2.34. The van der Waals surface area contributed by atoms with E-state index in [0.29, 0.717) is 19.8 Å². The van der Waals surface area contributed by atoms with Crippen LogP contribution in [0.5, 0.6) is 0 Å². The molecule has 0 N–H and O–H groups in total. The maximum Gasteiger partial charge on any atom is 0.257 e. The third-order valence-electron chi connectivity index (χ3n) is 6.84. The molecule has 2 saturated heterocycles. The van der Waals surface area contributed by atoms with Crippen molar-refractivity contribution in [2.24, 2.45) is 5.10 Å². The highest BCUT2D eigenvalue weighted by molar-refractivity contribution is 6.04. The van der Waals surface area contributed by atoms with Gasteiger partial charge in [-0.2, -0.15) is 5.10 Å². The van der Waals surface area contributed by atoms with Gasteiger partial charge in [0.25, 0.3) is 5.91 Å². The molecule has 32 heavy (non-hydrogen) atoms. The van der Waals surface area contributed by atoms with E-state index < -0.39 is 5.79 Å². The van der Waals surface area contributed by atoms with Crippen molar-refractivity contribution in [1.29, 1.82) is 0 Å². The summed E-state index contributed by atoms with van der Waals surface area (Å²) >= 11 is 0. The van der Waals surface area contributed by atoms with Crippen LogP contribution in [-0.4, -0.2) is 60.2 Å². The summed E-state index contributed by atoms with van der Waals surface area (Å²) in [6.45, 7) is 7.49. The topological polar surface area (TPSA) is 54.4 Å². The van der Waals surface area contributed by atoms with Crippen LogP contribution in [0.4, 0.5) is 0 Å². The first-order chi connectivity index (χ1) is 15.5. The molecule has 0 unspecified atom stereocenters. The molecule has 2 fully saturated rings. The number of amides is 1. The number of hydrogen-bond acceptors (Lipinski definition) is 5. The van der Waals surface area contributed by atoms with E-state index >= 15 is 0 Å². The van der Waals surface area contributed by atoms with Crippen molar-refractivity contribution >= 4 is 11.6 Å². The van der Waals surface area contributed by atoms with Crippen LogP contribution in [0.25, 0.3) is 0 Å². The summed E-state index contributed by atoms with van der Waals surface area (Å²) in [7, 11) is 0. The molecule has 2 aromatic rings. The molecular formula is C26H31N3O3. The van der Waals surface area contributed by atoms with Gasteiger partial charge in [0, 0.05) is 37.9 Å². The summed E-state index contributed by atoms with van der Waals surface area (Å²) in [5, 5.41) is 6.60. The largest absolute Gasteiger partial charge is 0.347 e. The van der Waals surface area contributed by atoms with Gasteiger partial charge in [-0.1, -0.05) is 48.0 Å². The lowest BCUT2D eigenvalue weighted by Gasteiger charge is -2.37. The van der Waals surface area contributed by atoms with Gasteiger partial charge in [-0.25, -0.2) is 5.01 Å². The number of rotatable bonds is 4. The predicted octanol–water partition coefficient (Wildman–Crippen LogP) is 3.82. The van der Waals surface area contributed by atoms with Crippen LogP contribution in [0.1, 0.15) is 47.6 Å². The van der Waals surface area contributed by atoms with E-state index in [4.69, 9.17) is 14.6 Å². The molecule has 3 aliphatic heterocycles. The number of benzene rings is 2. The Hall–Kier alpha value is -2.54. The Morgan fingerprint density at radius 1 is 1.06 bits per heavy atom. The molecule has 6 heteroatoms. The van der Waals surface area contributed by atoms with Crippen molar-refractivity contribution < 1.29 is 14.3 Å². The Balaban J connectivity index is 1.35. The predicted molar refractivity (Wildman–Crippen MR) is 123 cm³/mol. The van der Waals surface area contributed by atoms with Gasteiger partial charge in [-0.05, 0) is 31.0 Å². The minimum absolute atomic E-state index is 0.0448. The average Bonchev–Trinajstić information content (AvgIpc) is 3.46. The standard InChI is InChI=1S/C26H31N3O3/c1-19-8-9-20(2)22(16-19)23-17-24(21-6-4-3-5-7-21)29(27-23)25(30)18-28-12-10-26(11-13-28)31-14-15-32-26/h3-9,16,24H,10-15,17-18H2,1-2H3/t24-/m1/s1. The van der Waals surface area contributed by atoms with Crippen molar-refractivity contribution in [2.45, 2.75) is 44.9 Å². The van der Waals surface area contributed by atoms with Gasteiger partial charge in [0.15, 0.2) is 5.79 Å². The van der Waals surface area contributed by atoms with Crippen molar-refractivity contribution in [3.63, 3.8) is 0 Å². The fourth-order valence-electron chi connectivity index (χ4n) is 4.99. The number of hydrazone groups is 1. The number of ether oxygens (including phenoxy) is 2. The lowest BCUT2D eigenvalue weighted by Crippen LogP contribution is -2.48. The minimum Gasteiger partial charge on any atom is -0.347 e. The molecular weight excluding hydrogens is 402 g/mol. The third-order valence-corrected chi connectivity index (χ3v) is 6.84. The molecule has 0 aliphatic carbocycles. The van der Waals surface area contributed by atoms with E-state index in [2.05, 4.69) is 49.1 Å². The van der Waals surface area contributed by atoms with Gasteiger partial charge in [0.05, 0.1) is 31.5 Å². The first-order valence-electron chi connectivity index (χ1n) is 11.6. The number of aryl methyl sites for hydroxylation is 2. The van der Waals surface area contributed by atoms with E-state index in [0.717, 1.165) is 49.2 Å². The highest BCUT2D eigenvalue weighted by atomic mass is 16.7. The fourth-order valence-corrected chi connectivity index (χ4v) is 4.99. The number of hydrogen-bond donors (Lipinski definition) is 0. The molecule has 168 valence electrons. The first kappa shape index (κ1) is 21.3. The second-order valence-electron chi connectivity index (χ2n) is 9.12. The summed E-state index contributed by atoms with van der Waals surface area (Å²) in [5.74, 6) is -0.378. The average molecular weight is 434 g/mol. The summed E-state index contributed by atoms with van der Waals surface area (Å²) in [6, 6.07) is 16.6. The van der Waals surface area contributed by atoms with E-state index in [-0.39, 0.29) is 11.9 Å². The molecule has 0 bridgehead atoms. The maximum absolute atomic E-state index is 13.5. The van der Waals surface area contributed by atoms with E-state index in [1.54, 1.807) is 5.01 Å². The van der Waals surface area contributed by atoms with Crippen molar-refractivity contribution in [3.05, 3.63) is 70.8 Å². The lowest BCUT2D eigenvalue weighted by atomic mass is 9.95. The molecule has 0 saturated carbocycles. The molecule has 3 heterocycles. The van der Waals surface area contributed by atoms with E-state index in [9.17, 15) is 4.79 Å². The Labute approximate surface area is 189 Å². The van der Waals surface area contributed by atoms with E-state index in [1.807, 2.05) is 18.2 Å². The summed E-state index contributed by atoms with van der Waals surface area (Å²) < 4.78 is 11.7. The Morgan fingerprint density at radius 3 is 2.50 bits per heavy atom. The molecule has 5 rings (SSSR count). The second kappa shape index (κ2) is 8.77. The van der Waals surface area contributed by atoms with Crippen molar-refractivity contribution in [2.75, 3.05) is 32.8 Å². The SMILES string of the molecule is Cc1ccc(C)c(C2=NN(C(=O)CN3CCC4(CC3)OCCO4)[C@@H](c3ccccc3)C2)c1. The maximum atomic E-state index is 13.5.